The van der Waals surface area contributed by atoms with Crippen LogP contribution in [-0.4, -0.2) is 45.8 Å². The van der Waals surface area contributed by atoms with Gasteiger partial charge in [0.1, 0.15) is 12.1 Å². The SMILES string of the molecule is Cc1cccc(NC(=O)N2C[C@@H](O)C[C@H]2C(=O)O)c1C#N. The number of hydrogen-bond acceptors (Lipinski definition) is 4. The molecule has 1 saturated heterocycles. The fourth-order valence-electron chi connectivity index (χ4n) is 2.38. The first-order chi connectivity index (χ1) is 9.93. The minimum Gasteiger partial charge on any atom is -0.480 e. The maximum atomic E-state index is 12.2. The number of carboxylic acids is 1. The van der Waals surface area contributed by atoms with Gasteiger partial charge in [0.15, 0.2) is 0 Å². The van der Waals surface area contributed by atoms with Crippen LogP contribution in [0.1, 0.15) is 17.5 Å². The molecule has 21 heavy (non-hydrogen) atoms. The van der Waals surface area contributed by atoms with Crippen LogP contribution in [0.3, 0.4) is 0 Å². The summed E-state index contributed by atoms with van der Waals surface area (Å²) in [6.45, 7) is 1.70. The zero-order chi connectivity index (χ0) is 15.6. The number of rotatable bonds is 2. The summed E-state index contributed by atoms with van der Waals surface area (Å²) in [7, 11) is 0. The first-order valence-corrected chi connectivity index (χ1v) is 6.42. The molecule has 0 aliphatic carbocycles. The van der Waals surface area contributed by atoms with E-state index in [1.807, 2.05) is 6.07 Å². The molecule has 1 aliphatic rings. The van der Waals surface area contributed by atoms with Gasteiger partial charge in [0.05, 0.1) is 17.4 Å². The molecule has 0 saturated carbocycles. The zero-order valence-electron chi connectivity index (χ0n) is 11.4. The molecular formula is C14H15N3O4. The highest BCUT2D eigenvalue weighted by atomic mass is 16.4. The molecule has 2 atom stereocenters. The van der Waals surface area contributed by atoms with Gasteiger partial charge in [-0.05, 0) is 18.6 Å². The van der Waals surface area contributed by atoms with E-state index in [0.29, 0.717) is 16.8 Å². The first-order valence-electron chi connectivity index (χ1n) is 6.42. The van der Waals surface area contributed by atoms with Crippen molar-refractivity contribution in [1.29, 1.82) is 5.26 Å². The van der Waals surface area contributed by atoms with Gasteiger partial charge in [-0.15, -0.1) is 0 Å². The summed E-state index contributed by atoms with van der Waals surface area (Å²) in [6.07, 6.45) is -0.855. The van der Waals surface area contributed by atoms with E-state index in [9.17, 15) is 14.7 Å². The van der Waals surface area contributed by atoms with Gasteiger partial charge in [0.25, 0.3) is 0 Å². The molecule has 2 amide bonds. The van der Waals surface area contributed by atoms with Gasteiger partial charge in [-0.3, -0.25) is 0 Å². The minimum atomic E-state index is -1.16. The number of aryl methyl sites for hydroxylation is 1. The summed E-state index contributed by atoms with van der Waals surface area (Å²) in [5, 5.41) is 30.3. The number of nitrogens with one attached hydrogen (secondary N) is 1. The zero-order valence-corrected chi connectivity index (χ0v) is 11.4. The molecule has 1 heterocycles. The molecule has 0 unspecified atom stereocenters. The average molecular weight is 289 g/mol. The van der Waals surface area contributed by atoms with Crippen LogP contribution in [0.2, 0.25) is 0 Å². The van der Waals surface area contributed by atoms with E-state index in [1.54, 1.807) is 25.1 Å². The number of carbonyl (C=O) groups is 2. The Morgan fingerprint density at radius 3 is 2.81 bits per heavy atom. The Labute approximate surface area is 121 Å². The Bertz CT molecular complexity index is 623. The largest absolute Gasteiger partial charge is 0.480 e. The third-order valence-corrected chi connectivity index (χ3v) is 3.45. The number of nitriles is 1. The second-order valence-electron chi connectivity index (χ2n) is 4.94. The maximum Gasteiger partial charge on any atom is 0.326 e. The number of amides is 2. The molecule has 0 radical (unpaired) electrons. The normalized spacial score (nSPS) is 20.9. The molecule has 110 valence electrons. The van der Waals surface area contributed by atoms with Crippen LogP contribution in [0.15, 0.2) is 18.2 Å². The van der Waals surface area contributed by atoms with E-state index in [4.69, 9.17) is 10.4 Å². The Balaban J connectivity index is 2.21. The second kappa shape index (κ2) is 5.81. The van der Waals surface area contributed by atoms with E-state index in [-0.39, 0.29) is 13.0 Å². The number of aliphatic carboxylic acids is 1. The lowest BCUT2D eigenvalue weighted by Crippen LogP contribution is -2.43. The Morgan fingerprint density at radius 2 is 2.19 bits per heavy atom. The van der Waals surface area contributed by atoms with E-state index in [1.165, 1.54) is 0 Å². The standard InChI is InChI=1S/C14H15N3O4/c1-8-3-2-4-11(10(8)6-15)16-14(21)17-7-9(18)5-12(17)13(19)20/h2-4,9,12,18H,5,7H2,1H3,(H,16,21)(H,19,20)/t9-,12-/m0/s1. The van der Waals surface area contributed by atoms with Crippen molar-refractivity contribution < 1.29 is 19.8 Å². The number of benzene rings is 1. The van der Waals surface area contributed by atoms with E-state index >= 15 is 0 Å². The molecule has 7 nitrogen and oxygen atoms in total. The number of likely N-dealkylation sites (tertiary alicyclic amines) is 1. The molecule has 3 N–H and O–H groups in total. The second-order valence-corrected chi connectivity index (χ2v) is 4.94. The van der Waals surface area contributed by atoms with Crippen molar-refractivity contribution in [3.63, 3.8) is 0 Å². The number of carbonyl (C=O) groups excluding carboxylic acids is 1. The van der Waals surface area contributed by atoms with Gasteiger partial charge in [-0.25, -0.2) is 9.59 Å². The van der Waals surface area contributed by atoms with Gasteiger partial charge < -0.3 is 20.4 Å². The predicted octanol–water partition coefficient (Wildman–Crippen LogP) is 0.918. The number of aliphatic hydroxyl groups is 1. The van der Waals surface area contributed by atoms with Crippen molar-refractivity contribution in [3.8, 4) is 6.07 Å². The topological polar surface area (TPSA) is 114 Å². The lowest BCUT2D eigenvalue weighted by Gasteiger charge is -2.22. The predicted molar refractivity (Wildman–Crippen MR) is 73.7 cm³/mol. The summed E-state index contributed by atoms with van der Waals surface area (Å²) >= 11 is 0. The first kappa shape index (κ1) is 14.8. The third-order valence-electron chi connectivity index (χ3n) is 3.45. The van der Waals surface area contributed by atoms with Crippen LogP contribution in [-0.2, 0) is 4.79 Å². The minimum absolute atomic E-state index is 0.00166. The summed E-state index contributed by atoms with van der Waals surface area (Å²) in [5.41, 5.74) is 1.37. The van der Waals surface area contributed by atoms with Crippen LogP contribution in [0.4, 0.5) is 10.5 Å². The molecule has 0 bridgehead atoms. The summed E-state index contributed by atoms with van der Waals surface area (Å²) in [5.74, 6) is -1.16. The molecule has 1 aromatic carbocycles. The quantitative estimate of drug-likeness (QED) is 0.749. The van der Waals surface area contributed by atoms with Crippen molar-refractivity contribution in [3.05, 3.63) is 29.3 Å². The fraction of sp³-hybridized carbons (Fsp3) is 0.357. The van der Waals surface area contributed by atoms with Gasteiger partial charge in [-0.1, -0.05) is 12.1 Å². The number of anilines is 1. The number of aliphatic hydroxyl groups excluding tert-OH is 1. The molecule has 0 spiro atoms. The van der Waals surface area contributed by atoms with Crippen LogP contribution in [0.25, 0.3) is 0 Å². The van der Waals surface area contributed by atoms with Gasteiger partial charge in [0, 0.05) is 13.0 Å². The summed E-state index contributed by atoms with van der Waals surface area (Å²) in [6, 6.07) is 5.32. The van der Waals surface area contributed by atoms with Crippen LogP contribution in [0, 0.1) is 18.3 Å². The molecule has 1 aliphatic heterocycles. The van der Waals surface area contributed by atoms with E-state index in [2.05, 4.69) is 5.32 Å². The van der Waals surface area contributed by atoms with Gasteiger partial charge in [0.2, 0.25) is 0 Å². The van der Waals surface area contributed by atoms with Crippen LogP contribution < -0.4 is 5.32 Å². The Kier molecular flexibility index (Phi) is 4.10. The molecule has 0 aromatic heterocycles. The fourth-order valence-corrected chi connectivity index (χ4v) is 2.38. The lowest BCUT2D eigenvalue weighted by atomic mass is 10.1. The highest BCUT2D eigenvalue weighted by Gasteiger charge is 2.39. The molecule has 1 fully saturated rings. The van der Waals surface area contributed by atoms with Crippen molar-refractivity contribution in [2.75, 3.05) is 11.9 Å². The number of nitrogens with zero attached hydrogens (tertiary/aromatic N) is 2. The molecule has 2 rings (SSSR count). The van der Waals surface area contributed by atoms with Crippen molar-refractivity contribution in [1.82, 2.24) is 4.90 Å². The van der Waals surface area contributed by atoms with Crippen LogP contribution in [0.5, 0.6) is 0 Å². The summed E-state index contributed by atoms with van der Waals surface area (Å²) in [4.78, 5) is 24.4. The number of carboxylic acid groups (broad SMARTS) is 1. The highest BCUT2D eigenvalue weighted by Crippen LogP contribution is 2.22. The third kappa shape index (κ3) is 2.95. The van der Waals surface area contributed by atoms with Crippen LogP contribution >= 0.6 is 0 Å². The monoisotopic (exact) mass is 289 g/mol. The van der Waals surface area contributed by atoms with Crippen molar-refractivity contribution in [2.45, 2.75) is 25.5 Å². The van der Waals surface area contributed by atoms with Crippen molar-refractivity contribution >= 4 is 17.7 Å². The Hall–Kier alpha value is -2.59. The average Bonchev–Trinajstić information content (AvgIpc) is 2.81. The lowest BCUT2D eigenvalue weighted by molar-refractivity contribution is -0.141. The molecule has 7 heteroatoms. The highest BCUT2D eigenvalue weighted by molar-refractivity contribution is 5.94. The van der Waals surface area contributed by atoms with Gasteiger partial charge in [-0.2, -0.15) is 5.26 Å². The number of hydrogen-bond donors (Lipinski definition) is 3. The molecule has 1 aromatic rings. The smallest absolute Gasteiger partial charge is 0.326 e. The van der Waals surface area contributed by atoms with E-state index in [0.717, 1.165) is 4.90 Å². The maximum absolute atomic E-state index is 12.2. The summed E-state index contributed by atoms with van der Waals surface area (Å²) < 4.78 is 0. The van der Waals surface area contributed by atoms with Gasteiger partial charge >= 0.3 is 12.0 Å². The Morgan fingerprint density at radius 1 is 1.48 bits per heavy atom. The number of urea groups is 1. The van der Waals surface area contributed by atoms with Crippen molar-refractivity contribution in [2.24, 2.45) is 0 Å². The van der Waals surface area contributed by atoms with E-state index < -0.39 is 24.1 Å². The number of β-amino-alcohol motifs (C(OH)–C–C–N with tert-alkyl or cyclic N) is 1. The molecular weight excluding hydrogens is 274 g/mol.